The molecule has 0 bridgehead atoms. The Hall–Kier alpha value is -4.63. The van der Waals surface area contributed by atoms with Crippen molar-refractivity contribution in [2.75, 3.05) is 18.8 Å². The molecule has 1 saturated carbocycles. The number of alkyl carbamates (subject to hydrolysis) is 1. The minimum atomic E-state index is -1.03. The maximum absolute atomic E-state index is 14.3. The monoisotopic (exact) mass is 804 g/mol. The normalized spacial score (nSPS) is 17.4. The van der Waals surface area contributed by atoms with Crippen LogP contribution in [0, 0.1) is 5.92 Å². The summed E-state index contributed by atoms with van der Waals surface area (Å²) in [6, 6.07) is 10.2. The van der Waals surface area contributed by atoms with Crippen LogP contribution >= 0.6 is 11.8 Å². The predicted molar refractivity (Wildman–Crippen MR) is 219 cm³/mol. The van der Waals surface area contributed by atoms with E-state index in [1.165, 1.54) is 12.7 Å². The Kier molecular flexibility index (Phi) is 16.6. The van der Waals surface area contributed by atoms with Crippen LogP contribution in [0.15, 0.2) is 72.3 Å². The zero-order valence-electron chi connectivity index (χ0n) is 33.5. The number of carbonyl (C=O) groups is 4. The lowest BCUT2D eigenvalue weighted by molar-refractivity contribution is -0.130. The number of nitrogens with zero attached hydrogens (tertiary/aromatic N) is 3. The van der Waals surface area contributed by atoms with Crippen molar-refractivity contribution in [3.05, 3.63) is 78.6 Å². The molecule has 1 saturated heterocycles. The number of thioether (sulfide) groups is 1. The number of aromatic nitrogens is 3. The molecular weight excluding hydrogens is 745 g/mol. The predicted octanol–water partition coefficient (Wildman–Crippen LogP) is 5.14. The van der Waals surface area contributed by atoms with Gasteiger partial charge in [0, 0.05) is 61.2 Å². The van der Waals surface area contributed by atoms with Crippen LogP contribution in [0.4, 0.5) is 9.59 Å². The lowest BCUT2D eigenvalue weighted by Crippen LogP contribution is -2.59. The van der Waals surface area contributed by atoms with Gasteiger partial charge in [-0.05, 0) is 70.1 Å². The Labute approximate surface area is 340 Å². The van der Waals surface area contributed by atoms with Gasteiger partial charge in [0.1, 0.15) is 17.7 Å². The average Bonchev–Trinajstić information content (AvgIpc) is 3.71. The summed E-state index contributed by atoms with van der Waals surface area (Å²) in [5, 5.41) is 23.5. The number of aromatic amines is 1. The summed E-state index contributed by atoms with van der Waals surface area (Å²) in [5.41, 5.74) is 0.807. The van der Waals surface area contributed by atoms with E-state index in [4.69, 9.17) is 4.74 Å². The van der Waals surface area contributed by atoms with Crippen molar-refractivity contribution in [2.24, 2.45) is 5.92 Å². The second-order valence-corrected chi connectivity index (χ2v) is 17.3. The molecule has 5 amide bonds. The second kappa shape index (κ2) is 21.8. The molecule has 1 aromatic carbocycles. The van der Waals surface area contributed by atoms with Crippen molar-refractivity contribution in [2.45, 2.75) is 132 Å². The molecule has 1 aliphatic carbocycles. The lowest BCUT2D eigenvalue weighted by Gasteiger charge is -2.34. The fourth-order valence-electron chi connectivity index (χ4n) is 7.40. The summed E-state index contributed by atoms with van der Waals surface area (Å²) in [6.07, 6.45) is 13.5. The van der Waals surface area contributed by atoms with E-state index in [1.807, 2.05) is 42.5 Å². The highest BCUT2D eigenvalue weighted by atomic mass is 32.2. The Bertz CT molecular complexity index is 1680. The molecule has 3 aromatic rings. The summed E-state index contributed by atoms with van der Waals surface area (Å²) in [7, 11) is 0. The second-order valence-electron chi connectivity index (χ2n) is 16.2. The number of urea groups is 1. The molecule has 4 atom stereocenters. The number of H-pyrrole nitrogens is 1. The number of likely N-dealkylation sites (tertiary alicyclic amines) is 1. The van der Waals surface area contributed by atoms with E-state index >= 15 is 0 Å². The number of hydrogen-bond acceptors (Lipinski definition) is 9. The standard InChI is InChI=1S/C42H60N8O6S/c1-42(2,3)56-41(55)46-31-16-21-50(22-17-31)40(54)49-35(25-30-12-8-5-9-13-30)38(52)48-36(26-32-27-44-28-45-32)39(53)47-34(24-29-10-6-4-7-11-29)37(51)18-23-57-33-14-19-43-20-15-33/h5,8-9,12-15,19-20,27-29,31,34-37,51H,4,6-7,10-11,16-18,21-26H2,1-3H3,(H,44,45)(H,46,55)(H,47,53)(H,48,52)(H,49,54)/t34-,35-,36-,37-/m0/s1. The molecule has 5 rings (SSSR count). The van der Waals surface area contributed by atoms with Crippen molar-refractivity contribution >= 4 is 35.7 Å². The number of aliphatic hydroxyl groups is 1. The number of piperidine rings is 1. The molecule has 14 nitrogen and oxygen atoms in total. The molecule has 2 aliphatic rings. The summed E-state index contributed by atoms with van der Waals surface area (Å²) >= 11 is 1.63. The molecule has 15 heteroatoms. The third-order valence-electron chi connectivity index (χ3n) is 10.4. The maximum atomic E-state index is 14.3. The SMILES string of the molecule is CC(C)(C)OC(=O)NC1CCN(C(=O)N[C@@H](Cc2ccccc2)C(=O)N[C@@H](Cc2c[nH]cn2)C(=O)N[C@@H](CC2CCCCC2)[C@@H](O)CCSc2ccncc2)CC1. The molecule has 57 heavy (non-hydrogen) atoms. The summed E-state index contributed by atoms with van der Waals surface area (Å²) < 4.78 is 5.39. The number of carbonyl (C=O) groups excluding carboxylic acids is 4. The van der Waals surface area contributed by atoms with Crippen LogP contribution in [0.5, 0.6) is 0 Å². The molecule has 0 spiro atoms. The fourth-order valence-corrected chi connectivity index (χ4v) is 8.31. The van der Waals surface area contributed by atoms with E-state index in [9.17, 15) is 24.3 Å². The highest BCUT2D eigenvalue weighted by Gasteiger charge is 2.33. The van der Waals surface area contributed by atoms with Gasteiger partial charge >= 0.3 is 12.1 Å². The fraction of sp³-hybridized carbons (Fsp3) is 0.571. The number of rotatable bonds is 17. The van der Waals surface area contributed by atoms with Crippen molar-refractivity contribution in [1.82, 2.24) is 41.1 Å². The Balaban J connectivity index is 1.26. The average molecular weight is 805 g/mol. The Morgan fingerprint density at radius 3 is 2.26 bits per heavy atom. The number of imidazole rings is 1. The smallest absolute Gasteiger partial charge is 0.407 e. The topological polar surface area (TPSA) is 191 Å². The first kappa shape index (κ1) is 43.5. The van der Waals surface area contributed by atoms with Crippen LogP contribution < -0.4 is 21.3 Å². The van der Waals surface area contributed by atoms with Crippen LogP contribution in [-0.4, -0.2) is 104 Å². The Morgan fingerprint density at radius 1 is 0.912 bits per heavy atom. The zero-order chi connectivity index (χ0) is 40.6. The Morgan fingerprint density at radius 2 is 1.60 bits per heavy atom. The first-order chi connectivity index (χ1) is 27.4. The minimum absolute atomic E-state index is 0.107. The zero-order valence-corrected chi connectivity index (χ0v) is 34.3. The lowest BCUT2D eigenvalue weighted by atomic mass is 9.83. The molecule has 310 valence electrons. The summed E-state index contributed by atoms with van der Waals surface area (Å²) in [4.78, 5) is 68.5. The number of amides is 5. The van der Waals surface area contributed by atoms with E-state index in [1.54, 1.807) is 56.0 Å². The van der Waals surface area contributed by atoms with Crippen LogP contribution in [0.1, 0.15) is 89.8 Å². The molecular formula is C42H60N8O6S. The summed E-state index contributed by atoms with van der Waals surface area (Å²) in [5.74, 6) is 0.114. The van der Waals surface area contributed by atoms with Gasteiger partial charge in [-0.25, -0.2) is 14.6 Å². The van der Waals surface area contributed by atoms with E-state index < -0.39 is 53.8 Å². The van der Waals surface area contributed by atoms with Gasteiger partial charge in [0.05, 0.1) is 24.2 Å². The molecule has 2 fully saturated rings. The first-order valence-electron chi connectivity index (χ1n) is 20.3. The number of ether oxygens (including phenoxy) is 1. The van der Waals surface area contributed by atoms with E-state index in [-0.39, 0.29) is 18.9 Å². The molecule has 0 unspecified atom stereocenters. The van der Waals surface area contributed by atoms with Crippen molar-refractivity contribution in [3.8, 4) is 0 Å². The van der Waals surface area contributed by atoms with Gasteiger partial charge in [-0.15, -0.1) is 11.8 Å². The van der Waals surface area contributed by atoms with Crippen molar-refractivity contribution in [1.29, 1.82) is 0 Å². The van der Waals surface area contributed by atoms with Crippen LogP contribution in [-0.2, 0) is 27.2 Å². The van der Waals surface area contributed by atoms with E-state index in [0.29, 0.717) is 56.1 Å². The highest BCUT2D eigenvalue weighted by molar-refractivity contribution is 7.99. The third-order valence-corrected chi connectivity index (χ3v) is 11.5. The van der Waals surface area contributed by atoms with Gasteiger partial charge in [-0.2, -0.15) is 0 Å². The third kappa shape index (κ3) is 15.0. The summed E-state index contributed by atoms with van der Waals surface area (Å²) in [6.45, 7) is 6.17. The van der Waals surface area contributed by atoms with Crippen molar-refractivity contribution in [3.63, 3.8) is 0 Å². The number of pyridine rings is 1. The minimum Gasteiger partial charge on any atom is -0.444 e. The van der Waals surface area contributed by atoms with Gasteiger partial charge in [0.2, 0.25) is 11.8 Å². The van der Waals surface area contributed by atoms with Crippen LogP contribution in [0.3, 0.4) is 0 Å². The van der Waals surface area contributed by atoms with E-state index in [2.05, 4.69) is 36.2 Å². The quantitative estimate of drug-likeness (QED) is 0.100. The first-order valence-corrected chi connectivity index (χ1v) is 21.3. The number of hydrogen-bond donors (Lipinski definition) is 6. The van der Waals surface area contributed by atoms with Gasteiger partial charge in [0.25, 0.3) is 0 Å². The van der Waals surface area contributed by atoms with Crippen molar-refractivity contribution < 1.29 is 29.0 Å². The maximum Gasteiger partial charge on any atom is 0.407 e. The number of aliphatic hydroxyl groups excluding tert-OH is 1. The number of nitrogens with one attached hydrogen (secondary N) is 5. The van der Waals surface area contributed by atoms with Gasteiger partial charge in [-0.1, -0.05) is 62.4 Å². The molecule has 1 aliphatic heterocycles. The molecule has 3 heterocycles. The van der Waals surface area contributed by atoms with Gasteiger partial charge < -0.3 is 41.0 Å². The highest BCUT2D eigenvalue weighted by Crippen LogP contribution is 2.29. The largest absolute Gasteiger partial charge is 0.444 e. The van der Waals surface area contributed by atoms with Gasteiger partial charge in [-0.3, -0.25) is 14.6 Å². The molecule has 0 radical (unpaired) electrons. The molecule has 6 N–H and O–H groups in total. The van der Waals surface area contributed by atoms with Crippen LogP contribution in [0.25, 0.3) is 0 Å². The van der Waals surface area contributed by atoms with Gasteiger partial charge in [0.15, 0.2) is 0 Å². The molecule has 2 aromatic heterocycles. The van der Waals surface area contributed by atoms with E-state index in [0.717, 1.165) is 36.1 Å². The number of benzene rings is 1. The van der Waals surface area contributed by atoms with Crippen LogP contribution in [0.2, 0.25) is 0 Å².